The molecule has 1 atom stereocenters. The monoisotopic (exact) mass is 290 g/mol. The lowest BCUT2D eigenvalue weighted by Gasteiger charge is -2.18. The summed E-state index contributed by atoms with van der Waals surface area (Å²) in [5.74, 6) is 1.75. The largest absolute Gasteiger partial charge is 0.496 e. The quantitative estimate of drug-likeness (QED) is 0.872. The number of hydrogen-bond acceptors (Lipinski definition) is 6. The number of rotatable bonds is 5. The van der Waals surface area contributed by atoms with Gasteiger partial charge in [0.25, 0.3) is 0 Å². The molecular formula is C15H18N2O4. The van der Waals surface area contributed by atoms with Gasteiger partial charge in [-0.2, -0.15) is 0 Å². The second-order valence-electron chi connectivity index (χ2n) is 4.33. The van der Waals surface area contributed by atoms with E-state index in [9.17, 15) is 5.11 Å². The molecule has 6 nitrogen and oxygen atoms in total. The van der Waals surface area contributed by atoms with Gasteiger partial charge in [0.1, 0.15) is 17.7 Å². The van der Waals surface area contributed by atoms with Crippen LogP contribution in [0.25, 0.3) is 0 Å². The van der Waals surface area contributed by atoms with Gasteiger partial charge in [0, 0.05) is 23.4 Å². The van der Waals surface area contributed by atoms with Crippen molar-refractivity contribution in [1.82, 2.24) is 4.98 Å². The van der Waals surface area contributed by atoms with Crippen LogP contribution < -0.4 is 19.9 Å². The van der Waals surface area contributed by atoms with E-state index in [0.29, 0.717) is 28.4 Å². The first kappa shape index (κ1) is 14.9. The minimum atomic E-state index is -0.978. The van der Waals surface area contributed by atoms with E-state index in [1.807, 2.05) is 0 Å². The maximum absolute atomic E-state index is 10.6. The van der Waals surface area contributed by atoms with Crippen LogP contribution in [-0.2, 0) is 0 Å². The van der Waals surface area contributed by atoms with Gasteiger partial charge in [-0.25, -0.2) is 4.98 Å². The lowest BCUT2D eigenvalue weighted by molar-refractivity contribution is 0.214. The van der Waals surface area contributed by atoms with Crippen molar-refractivity contribution in [2.24, 2.45) is 0 Å². The highest BCUT2D eigenvalue weighted by atomic mass is 16.5. The zero-order valence-corrected chi connectivity index (χ0v) is 12.2. The van der Waals surface area contributed by atoms with Crippen molar-refractivity contribution < 1.29 is 19.3 Å². The molecule has 1 heterocycles. The molecule has 0 bridgehead atoms. The number of nitrogen functional groups attached to an aromatic ring is 1. The number of aliphatic hydroxyl groups excluding tert-OH is 1. The van der Waals surface area contributed by atoms with E-state index >= 15 is 0 Å². The van der Waals surface area contributed by atoms with Gasteiger partial charge >= 0.3 is 0 Å². The van der Waals surface area contributed by atoms with E-state index in [-0.39, 0.29) is 5.82 Å². The van der Waals surface area contributed by atoms with Gasteiger partial charge in [0.2, 0.25) is 0 Å². The first-order valence-corrected chi connectivity index (χ1v) is 6.30. The fourth-order valence-electron chi connectivity index (χ4n) is 2.10. The van der Waals surface area contributed by atoms with Crippen LogP contribution in [0.2, 0.25) is 0 Å². The highest BCUT2D eigenvalue weighted by Crippen LogP contribution is 2.39. The average molecular weight is 290 g/mol. The van der Waals surface area contributed by atoms with Crippen molar-refractivity contribution in [2.45, 2.75) is 6.10 Å². The van der Waals surface area contributed by atoms with Crippen molar-refractivity contribution in [3.8, 4) is 17.2 Å². The third kappa shape index (κ3) is 2.85. The van der Waals surface area contributed by atoms with Crippen LogP contribution in [0.4, 0.5) is 5.82 Å². The van der Waals surface area contributed by atoms with E-state index in [1.54, 1.807) is 30.5 Å². The molecule has 6 heteroatoms. The van der Waals surface area contributed by atoms with Crippen LogP contribution in [0.1, 0.15) is 17.2 Å². The van der Waals surface area contributed by atoms with E-state index in [0.717, 1.165) is 0 Å². The number of aliphatic hydroxyl groups is 1. The molecule has 112 valence electrons. The highest BCUT2D eigenvalue weighted by Gasteiger charge is 2.21. The number of nitrogens with two attached hydrogens (primary N) is 1. The van der Waals surface area contributed by atoms with E-state index in [1.165, 1.54) is 21.3 Å². The number of aromatic nitrogens is 1. The van der Waals surface area contributed by atoms with Crippen LogP contribution >= 0.6 is 0 Å². The Morgan fingerprint density at radius 2 is 1.62 bits per heavy atom. The minimum Gasteiger partial charge on any atom is -0.496 e. The number of methoxy groups -OCH3 is 3. The zero-order valence-electron chi connectivity index (χ0n) is 12.2. The number of nitrogens with zero attached hydrogens (tertiary/aromatic N) is 1. The molecular weight excluding hydrogens is 272 g/mol. The molecule has 0 radical (unpaired) electrons. The van der Waals surface area contributed by atoms with Gasteiger partial charge in [-0.15, -0.1) is 0 Å². The zero-order chi connectivity index (χ0) is 15.4. The summed E-state index contributed by atoms with van der Waals surface area (Å²) in [6.07, 6.45) is 0.589. The van der Waals surface area contributed by atoms with E-state index in [4.69, 9.17) is 19.9 Å². The molecule has 0 saturated carbocycles. The third-order valence-corrected chi connectivity index (χ3v) is 3.20. The second-order valence-corrected chi connectivity index (χ2v) is 4.33. The standard InChI is InChI=1S/C15H18N2O4/c1-19-11-8-13(21-3)12(20-2)7-10(11)14(18)9-5-4-6-17-15(9)16/h4-8,14,18H,1-3H3,(H2,16,17). The molecule has 1 unspecified atom stereocenters. The van der Waals surface area contributed by atoms with Crippen LogP contribution in [0.15, 0.2) is 30.5 Å². The Morgan fingerprint density at radius 1 is 1.00 bits per heavy atom. The molecule has 3 N–H and O–H groups in total. The van der Waals surface area contributed by atoms with Gasteiger partial charge in [-0.3, -0.25) is 0 Å². The summed E-state index contributed by atoms with van der Waals surface area (Å²) < 4.78 is 15.8. The molecule has 0 spiro atoms. The molecule has 0 amide bonds. The molecule has 2 aromatic rings. The number of hydrogen-bond donors (Lipinski definition) is 2. The van der Waals surface area contributed by atoms with Crippen molar-refractivity contribution in [2.75, 3.05) is 27.1 Å². The molecule has 0 aliphatic heterocycles. The third-order valence-electron chi connectivity index (χ3n) is 3.20. The minimum absolute atomic E-state index is 0.266. The van der Waals surface area contributed by atoms with Gasteiger partial charge < -0.3 is 25.1 Å². The van der Waals surface area contributed by atoms with Gasteiger partial charge in [-0.05, 0) is 12.1 Å². The Labute approximate surface area is 123 Å². The summed E-state index contributed by atoms with van der Waals surface area (Å²) in [6, 6.07) is 6.74. The topological polar surface area (TPSA) is 86.8 Å². The smallest absolute Gasteiger partial charge is 0.164 e. The molecule has 0 aliphatic carbocycles. The predicted molar refractivity (Wildman–Crippen MR) is 78.8 cm³/mol. The first-order valence-electron chi connectivity index (χ1n) is 6.30. The normalized spacial score (nSPS) is 11.8. The lowest BCUT2D eigenvalue weighted by Crippen LogP contribution is -2.07. The number of ether oxygens (including phenoxy) is 3. The van der Waals surface area contributed by atoms with Crippen LogP contribution in [0.5, 0.6) is 17.2 Å². The molecule has 0 aliphatic rings. The number of anilines is 1. The van der Waals surface area contributed by atoms with Crippen molar-refractivity contribution in [3.05, 3.63) is 41.6 Å². The summed E-state index contributed by atoms with van der Waals surface area (Å²) in [5.41, 5.74) is 6.83. The Bertz CT molecular complexity index is 631. The maximum Gasteiger partial charge on any atom is 0.164 e. The van der Waals surface area contributed by atoms with Crippen LogP contribution in [-0.4, -0.2) is 31.4 Å². The van der Waals surface area contributed by atoms with E-state index < -0.39 is 6.10 Å². The summed E-state index contributed by atoms with van der Waals surface area (Å²) >= 11 is 0. The number of benzene rings is 1. The summed E-state index contributed by atoms with van der Waals surface area (Å²) in [6.45, 7) is 0. The summed E-state index contributed by atoms with van der Waals surface area (Å²) in [4.78, 5) is 3.98. The van der Waals surface area contributed by atoms with Crippen molar-refractivity contribution in [3.63, 3.8) is 0 Å². The molecule has 0 saturated heterocycles. The van der Waals surface area contributed by atoms with Gasteiger partial charge in [-0.1, -0.05) is 6.07 Å². The van der Waals surface area contributed by atoms with Gasteiger partial charge in [0.15, 0.2) is 11.5 Å². The first-order chi connectivity index (χ1) is 10.1. The fraction of sp³-hybridized carbons (Fsp3) is 0.267. The fourth-order valence-corrected chi connectivity index (χ4v) is 2.10. The predicted octanol–water partition coefficient (Wildman–Crippen LogP) is 1.77. The highest BCUT2D eigenvalue weighted by molar-refractivity contribution is 5.55. The average Bonchev–Trinajstić information content (AvgIpc) is 2.53. The van der Waals surface area contributed by atoms with Gasteiger partial charge in [0.05, 0.1) is 21.3 Å². The molecule has 0 fully saturated rings. The molecule has 1 aromatic carbocycles. The second kappa shape index (κ2) is 6.32. The molecule has 1 aromatic heterocycles. The summed E-state index contributed by atoms with van der Waals surface area (Å²) in [5, 5.41) is 10.6. The Balaban J connectivity index is 2.54. The maximum atomic E-state index is 10.6. The molecule has 21 heavy (non-hydrogen) atoms. The Kier molecular flexibility index (Phi) is 4.49. The van der Waals surface area contributed by atoms with Crippen molar-refractivity contribution in [1.29, 1.82) is 0 Å². The van der Waals surface area contributed by atoms with Crippen molar-refractivity contribution >= 4 is 5.82 Å². The Hall–Kier alpha value is -2.47. The Morgan fingerprint density at radius 3 is 2.19 bits per heavy atom. The summed E-state index contributed by atoms with van der Waals surface area (Å²) in [7, 11) is 4.58. The number of pyridine rings is 1. The van der Waals surface area contributed by atoms with Crippen LogP contribution in [0, 0.1) is 0 Å². The molecule has 2 rings (SSSR count). The SMILES string of the molecule is COc1cc(OC)c(C(O)c2cccnc2N)cc1OC. The lowest BCUT2D eigenvalue weighted by atomic mass is 10.0. The van der Waals surface area contributed by atoms with Crippen LogP contribution in [0.3, 0.4) is 0 Å². The van der Waals surface area contributed by atoms with E-state index in [2.05, 4.69) is 4.98 Å².